The van der Waals surface area contributed by atoms with E-state index in [1.807, 2.05) is 91.9 Å². The monoisotopic (exact) mass is 588 g/mol. The highest BCUT2D eigenvalue weighted by Crippen LogP contribution is 2.44. The molecule has 0 amide bonds. The van der Waals surface area contributed by atoms with Gasteiger partial charge in [0.1, 0.15) is 11.5 Å². The largest absolute Gasteiger partial charge is 0.465 e. The van der Waals surface area contributed by atoms with E-state index in [-0.39, 0.29) is 18.1 Å². The zero-order valence-corrected chi connectivity index (χ0v) is 25.3. The molecule has 0 bridgehead atoms. The third kappa shape index (κ3) is 5.37. The van der Waals surface area contributed by atoms with Gasteiger partial charge in [0.05, 0.1) is 36.1 Å². The molecule has 7 nitrogen and oxygen atoms in total. The molecule has 2 atom stereocenters. The smallest absolute Gasteiger partial charge is 0.339 e. The number of pyridine rings is 1. The van der Waals surface area contributed by atoms with Gasteiger partial charge < -0.3 is 24.3 Å². The summed E-state index contributed by atoms with van der Waals surface area (Å²) in [5.74, 6) is 1.14. The SMILES string of the molecule is COC(=O)c1ccccc1-n1c(C)cc(C2C(c3ccccn3)NC(=S)N2c2ccc(Oc3ccc(C)cc3)cc2)c1C. The van der Waals surface area contributed by atoms with Gasteiger partial charge in [-0.15, -0.1) is 0 Å². The number of rotatable bonds is 7. The molecule has 1 saturated heterocycles. The second-order valence-electron chi connectivity index (χ2n) is 10.6. The molecule has 5 aromatic rings. The van der Waals surface area contributed by atoms with Crippen LogP contribution in [-0.4, -0.2) is 27.7 Å². The molecule has 2 aromatic heterocycles. The third-order valence-corrected chi connectivity index (χ3v) is 8.12. The van der Waals surface area contributed by atoms with Crippen molar-refractivity contribution >= 4 is 29.0 Å². The van der Waals surface area contributed by atoms with Crippen molar-refractivity contribution in [1.82, 2.24) is 14.9 Å². The zero-order valence-electron chi connectivity index (χ0n) is 24.4. The van der Waals surface area contributed by atoms with E-state index in [4.69, 9.17) is 26.7 Å². The van der Waals surface area contributed by atoms with Crippen LogP contribution >= 0.6 is 12.2 Å². The van der Waals surface area contributed by atoms with Gasteiger partial charge in [0.2, 0.25) is 0 Å². The van der Waals surface area contributed by atoms with Crippen LogP contribution in [0.4, 0.5) is 5.69 Å². The number of hydrogen-bond acceptors (Lipinski definition) is 5. The Morgan fingerprint density at radius 3 is 2.23 bits per heavy atom. The molecule has 8 heteroatoms. The first-order chi connectivity index (χ1) is 20.9. The molecular weight excluding hydrogens is 556 g/mol. The lowest BCUT2D eigenvalue weighted by Gasteiger charge is -2.28. The number of thiocarbonyl (C=S) groups is 1. The van der Waals surface area contributed by atoms with Gasteiger partial charge in [-0.1, -0.05) is 35.9 Å². The normalized spacial score (nSPS) is 16.2. The number of aromatic nitrogens is 2. The Kier molecular flexibility index (Phi) is 7.69. The Morgan fingerprint density at radius 1 is 0.884 bits per heavy atom. The Bertz CT molecular complexity index is 1780. The minimum absolute atomic E-state index is 0.206. The molecule has 43 heavy (non-hydrogen) atoms. The number of ether oxygens (including phenoxy) is 2. The van der Waals surface area contributed by atoms with E-state index in [1.54, 1.807) is 12.3 Å². The number of benzene rings is 3. The molecule has 0 spiro atoms. The van der Waals surface area contributed by atoms with Gasteiger partial charge in [0.25, 0.3) is 0 Å². The lowest BCUT2D eigenvalue weighted by molar-refractivity contribution is 0.0600. The standard InChI is InChI=1S/C35H32N4O3S/c1-22-12-16-26(17-13-22)42-27-18-14-25(15-19-27)39-33(32(37-35(39)43)30-10-7-8-20-36-30)29-21-23(2)38(24(29)3)31-11-6-5-9-28(31)34(40)41-4/h5-21,32-33H,1-4H3,(H,37,43). The number of para-hydroxylation sites is 1. The molecule has 1 aliphatic heterocycles. The van der Waals surface area contributed by atoms with Crippen molar-refractivity contribution in [2.75, 3.05) is 12.0 Å². The number of nitrogens with one attached hydrogen (secondary N) is 1. The average molecular weight is 589 g/mol. The predicted molar refractivity (Wildman–Crippen MR) is 172 cm³/mol. The van der Waals surface area contributed by atoms with E-state index < -0.39 is 0 Å². The molecule has 1 aliphatic rings. The first-order valence-electron chi connectivity index (χ1n) is 14.1. The van der Waals surface area contributed by atoms with E-state index in [9.17, 15) is 4.79 Å². The first kappa shape index (κ1) is 28.2. The number of esters is 1. The topological polar surface area (TPSA) is 68.6 Å². The van der Waals surface area contributed by atoms with Crippen LogP contribution in [0.15, 0.2) is 103 Å². The van der Waals surface area contributed by atoms with Crippen LogP contribution in [0.25, 0.3) is 5.69 Å². The van der Waals surface area contributed by atoms with Gasteiger partial charge >= 0.3 is 5.97 Å². The maximum Gasteiger partial charge on any atom is 0.339 e. The molecule has 0 saturated carbocycles. The van der Waals surface area contributed by atoms with Crippen molar-refractivity contribution in [3.05, 3.63) is 137 Å². The summed E-state index contributed by atoms with van der Waals surface area (Å²) >= 11 is 5.96. The fraction of sp³-hybridized carbons (Fsp3) is 0.171. The Balaban J connectivity index is 1.43. The van der Waals surface area contributed by atoms with Crippen molar-refractivity contribution in [3.8, 4) is 17.2 Å². The molecule has 3 aromatic carbocycles. The van der Waals surface area contributed by atoms with Gasteiger partial charge in [-0.05, 0) is 105 Å². The fourth-order valence-corrected chi connectivity index (χ4v) is 6.12. The van der Waals surface area contributed by atoms with Crippen molar-refractivity contribution in [1.29, 1.82) is 0 Å². The summed E-state index contributed by atoms with van der Waals surface area (Å²) in [7, 11) is 1.40. The molecule has 0 aliphatic carbocycles. The maximum atomic E-state index is 12.7. The van der Waals surface area contributed by atoms with E-state index in [2.05, 4.69) is 34.7 Å². The maximum absolute atomic E-state index is 12.7. The average Bonchev–Trinajstić information content (AvgIpc) is 3.53. The fourth-order valence-electron chi connectivity index (χ4n) is 5.78. The van der Waals surface area contributed by atoms with Crippen LogP contribution < -0.4 is 15.0 Å². The van der Waals surface area contributed by atoms with Gasteiger partial charge in [-0.25, -0.2) is 4.79 Å². The summed E-state index contributed by atoms with van der Waals surface area (Å²) in [6.45, 7) is 6.17. The van der Waals surface area contributed by atoms with E-state index >= 15 is 0 Å². The van der Waals surface area contributed by atoms with Crippen molar-refractivity contribution in [2.45, 2.75) is 32.9 Å². The second kappa shape index (κ2) is 11.7. The van der Waals surface area contributed by atoms with Crippen LogP contribution in [0.2, 0.25) is 0 Å². The number of aryl methyl sites for hydroxylation is 2. The predicted octanol–water partition coefficient (Wildman–Crippen LogP) is 7.55. The molecule has 216 valence electrons. The highest BCUT2D eigenvalue weighted by atomic mass is 32.1. The zero-order chi connectivity index (χ0) is 30.1. The Labute approximate surface area is 256 Å². The van der Waals surface area contributed by atoms with Crippen LogP contribution in [-0.2, 0) is 4.74 Å². The molecule has 3 heterocycles. The van der Waals surface area contributed by atoms with Crippen molar-refractivity contribution in [2.24, 2.45) is 0 Å². The molecule has 1 N–H and O–H groups in total. The molecule has 0 radical (unpaired) electrons. The summed E-state index contributed by atoms with van der Waals surface area (Å²) < 4.78 is 13.3. The summed E-state index contributed by atoms with van der Waals surface area (Å²) in [5.41, 5.74) is 7.31. The molecule has 1 fully saturated rings. The molecule has 2 unspecified atom stereocenters. The third-order valence-electron chi connectivity index (χ3n) is 7.81. The van der Waals surface area contributed by atoms with Crippen LogP contribution in [0.1, 0.15) is 50.7 Å². The number of carbonyl (C=O) groups excluding carboxylic acids is 1. The summed E-state index contributed by atoms with van der Waals surface area (Å²) in [6.07, 6.45) is 1.80. The lowest BCUT2D eigenvalue weighted by Crippen LogP contribution is -2.29. The van der Waals surface area contributed by atoms with Gasteiger partial charge in [-0.2, -0.15) is 0 Å². The van der Waals surface area contributed by atoms with Crippen LogP contribution in [0.3, 0.4) is 0 Å². The van der Waals surface area contributed by atoms with Crippen molar-refractivity contribution < 1.29 is 14.3 Å². The van der Waals surface area contributed by atoms with E-state index in [0.29, 0.717) is 10.7 Å². The van der Waals surface area contributed by atoms with Crippen LogP contribution in [0, 0.1) is 20.8 Å². The number of carbonyl (C=O) groups is 1. The van der Waals surface area contributed by atoms with Gasteiger partial charge in [0, 0.05) is 23.3 Å². The highest BCUT2D eigenvalue weighted by molar-refractivity contribution is 7.80. The number of hydrogen-bond donors (Lipinski definition) is 1. The Hall–Kier alpha value is -4.95. The quantitative estimate of drug-likeness (QED) is 0.155. The summed E-state index contributed by atoms with van der Waals surface area (Å²) in [6, 6.07) is 31.1. The number of methoxy groups -OCH3 is 1. The number of anilines is 1. The minimum Gasteiger partial charge on any atom is -0.465 e. The Morgan fingerprint density at radius 2 is 1.56 bits per heavy atom. The summed E-state index contributed by atoms with van der Waals surface area (Å²) in [5, 5.41) is 4.15. The molecular formula is C35H32N4O3S. The van der Waals surface area contributed by atoms with E-state index in [1.165, 1.54) is 12.7 Å². The minimum atomic E-state index is -0.380. The van der Waals surface area contributed by atoms with Crippen molar-refractivity contribution in [3.63, 3.8) is 0 Å². The molecule has 6 rings (SSSR count). The second-order valence-corrected chi connectivity index (χ2v) is 11.0. The summed E-state index contributed by atoms with van der Waals surface area (Å²) in [4.78, 5) is 19.5. The first-order valence-corrected chi connectivity index (χ1v) is 14.5. The lowest BCUT2D eigenvalue weighted by atomic mass is 9.96. The highest BCUT2D eigenvalue weighted by Gasteiger charge is 2.42. The van der Waals surface area contributed by atoms with Crippen LogP contribution in [0.5, 0.6) is 11.5 Å². The number of nitrogens with zero attached hydrogens (tertiary/aromatic N) is 3. The van der Waals surface area contributed by atoms with Gasteiger partial charge in [0.15, 0.2) is 5.11 Å². The van der Waals surface area contributed by atoms with E-state index in [0.717, 1.165) is 45.5 Å². The van der Waals surface area contributed by atoms with Gasteiger partial charge in [-0.3, -0.25) is 4.98 Å².